The molecule has 0 aromatic rings. The number of hydrogen-bond donors (Lipinski definition) is 5. The molecule has 0 fully saturated rings. The van der Waals surface area contributed by atoms with Crippen LogP contribution in [-0.4, -0.2) is 73.9 Å². The summed E-state index contributed by atoms with van der Waals surface area (Å²) < 4.78 is 0. The zero-order valence-corrected chi connectivity index (χ0v) is 11.3. The van der Waals surface area contributed by atoms with Gasteiger partial charge in [-0.1, -0.05) is 0 Å². The van der Waals surface area contributed by atoms with E-state index in [0.29, 0.717) is 0 Å². The molecule has 0 bridgehead atoms. The fraction of sp³-hybridized carbons (Fsp3) is 0.636. The van der Waals surface area contributed by atoms with Crippen LogP contribution in [0.15, 0.2) is 0 Å². The maximum Gasteiger partial charge on any atom is 0.321 e. The van der Waals surface area contributed by atoms with Crippen molar-refractivity contribution in [1.29, 1.82) is 0 Å². The van der Waals surface area contributed by atoms with Gasteiger partial charge < -0.3 is 26.2 Å². The molecule has 10 heteroatoms. The van der Waals surface area contributed by atoms with E-state index in [2.05, 4.69) is 0 Å². The van der Waals surface area contributed by atoms with E-state index in [9.17, 15) is 19.2 Å². The Morgan fingerprint density at radius 1 is 0.905 bits per heavy atom. The molecular weight excluding hydrogens is 288 g/mol. The Hall–Kier alpha value is -2.20. The maximum atomic E-state index is 11.2. The molecule has 0 saturated heterocycles. The van der Waals surface area contributed by atoms with Gasteiger partial charge in [-0.2, -0.15) is 0 Å². The lowest BCUT2D eigenvalue weighted by Crippen LogP contribution is -2.55. The summed E-state index contributed by atoms with van der Waals surface area (Å²) in [4.78, 5) is 44.6. The summed E-state index contributed by atoms with van der Waals surface area (Å²) in [5.74, 6) is -6.02. The molecule has 0 aliphatic rings. The zero-order valence-electron chi connectivity index (χ0n) is 11.3. The van der Waals surface area contributed by atoms with Crippen molar-refractivity contribution in [1.82, 2.24) is 4.90 Å². The standard InChI is InChI=1S/C11H18N2O8/c1-5(12)4-13(6(10(18)19)2-8(14)15)7(11(20)21)3-9(16)17/h5-7H,2-4,12H2,1H3,(H,14,15)(H,16,17)(H,18,19)(H,20,21). The summed E-state index contributed by atoms with van der Waals surface area (Å²) in [6.45, 7) is 1.20. The van der Waals surface area contributed by atoms with Gasteiger partial charge in [0, 0.05) is 12.6 Å². The molecule has 10 nitrogen and oxygen atoms in total. The maximum absolute atomic E-state index is 11.2. The number of hydrogen-bond acceptors (Lipinski definition) is 6. The molecule has 0 aliphatic carbocycles. The van der Waals surface area contributed by atoms with E-state index >= 15 is 0 Å². The normalized spacial score (nSPS) is 15.2. The van der Waals surface area contributed by atoms with Gasteiger partial charge in [0.1, 0.15) is 12.1 Å². The van der Waals surface area contributed by atoms with Crippen molar-refractivity contribution in [2.24, 2.45) is 5.73 Å². The molecule has 0 amide bonds. The van der Waals surface area contributed by atoms with Crippen LogP contribution in [0.2, 0.25) is 0 Å². The van der Waals surface area contributed by atoms with E-state index in [1.54, 1.807) is 0 Å². The summed E-state index contributed by atoms with van der Waals surface area (Å²) in [7, 11) is 0. The van der Waals surface area contributed by atoms with Crippen molar-refractivity contribution in [3.63, 3.8) is 0 Å². The minimum atomic E-state index is -1.69. The van der Waals surface area contributed by atoms with Crippen LogP contribution in [0.1, 0.15) is 19.8 Å². The van der Waals surface area contributed by atoms with E-state index < -0.39 is 54.8 Å². The van der Waals surface area contributed by atoms with Crippen LogP contribution in [-0.2, 0) is 19.2 Å². The zero-order chi connectivity index (χ0) is 16.7. The SMILES string of the molecule is CC(N)CN(C(CC(=O)O)C(=O)O)C(CC(=O)O)C(=O)O. The highest BCUT2D eigenvalue weighted by atomic mass is 16.4. The van der Waals surface area contributed by atoms with Gasteiger partial charge in [0.05, 0.1) is 12.8 Å². The molecule has 0 aliphatic heterocycles. The van der Waals surface area contributed by atoms with Crippen molar-refractivity contribution in [2.75, 3.05) is 6.54 Å². The molecule has 0 rings (SSSR count). The summed E-state index contributed by atoms with van der Waals surface area (Å²) >= 11 is 0. The number of rotatable bonds is 10. The number of nitrogens with zero attached hydrogens (tertiary/aromatic N) is 1. The summed E-state index contributed by atoms with van der Waals surface area (Å²) in [6, 6.07) is -4.04. The minimum absolute atomic E-state index is 0.269. The Labute approximate surface area is 119 Å². The summed E-state index contributed by atoms with van der Waals surface area (Å²) in [5, 5.41) is 35.6. The quantitative estimate of drug-likeness (QED) is 0.318. The molecule has 0 aromatic heterocycles. The summed E-state index contributed by atoms with van der Waals surface area (Å²) in [6.07, 6.45) is -1.74. The fourth-order valence-electron chi connectivity index (χ4n) is 1.83. The number of carboxylic acid groups (broad SMARTS) is 4. The Morgan fingerprint density at radius 3 is 1.43 bits per heavy atom. The van der Waals surface area contributed by atoms with E-state index in [4.69, 9.17) is 26.2 Å². The van der Waals surface area contributed by atoms with Crippen molar-refractivity contribution >= 4 is 23.9 Å². The highest BCUT2D eigenvalue weighted by Crippen LogP contribution is 2.14. The van der Waals surface area contributed by atoms with Crippen LogP contribution in [0, 0.1) is 0 Å². The first kappa shape index (κ1) is 18.8. The summed E-state index contributed by atoms with van der Waals surface area (Å²) in [5.41, 5.74) is 5.51. The predicted octanol–water partition coefficient (Wildman–Crippen LogP) is -1.51. The van der Waals surface area contributed by atoms with Crippen LogP contribution >= 0.6 is 0 Å². The Bertz CT molecular complexity index is 388. The lowest BCUT2D eigenvalue weighted by molar-refractivity contribution is -0.158. The van der Waals surface area contributed by atoms with Crippen LogP contribution in [0.25, 0.3) is 0 Å². The number of carbonyl (C=O) groups is 4. The van der Waals surface area contributed by atoms with Gasteiger partial charge in [-0.15, -0.1) is 0 Å². The van der Waals surface area contributed by atoms with Gasteiger partial charge in [0.25, 0.3) is 0 Å². The minimum Gasteiger partial charge on any atom is -0.481 e. The Morgan fingerprint density at radius 2 is 1.24 bits per heavy atom. The first-order valence-corrected chi connectivity index (χ1v) is 5.96. The highest BCUT2D eigenvalue weighted by Gasteiger charge is 2.38. The van der Waals surface area contributed by atoms with Gasteiger partial charge in [-0.05, 0) is 6.92 Å². The topological polar surface area (TPSA) is 178 Å². The molecule has 120 valence electrons. The molecule has 0 spiro atoms. The van der Waals surface area contributed by atoms with E-state index in [1.165, 1.54) is 6.92 Å². The average Bonchev–Trinajstić information content (AvgIpc) is 2.29. The van der Waals surface area contributed by atoms with Gasteiger partial charge in [-0.3, -0.25) is 24.1 Å². The van der Waals surface area contributed by atoms with E-state index in [0.717, 1.165) is 4.90 Å². The number of carboxylic acids is 4. The predicted molar refractivity (Wildman–Crippen MR) is 67.7 cm³/mol. The molecule has 3 unspecified atom stereocenters. The third kappa shape index (κ3) is 6.68. The second-order valence-corrected chi connectivity index (χ2v) is 4.58. The second-order valence-electron chi connectivity index (χ2n) is 4.58. The molecule has 0 aromatic carbocycles. The van der Waals surface area contributed by atoms with Crippen molar-refractivity contribution in [3.8, 4) is 0 Å². The average molecular weight is 306 g/mol. The highest BCUT2D eigenvalue weighted by molar-refractivity contribution is 5.84. The van der Waals surface area contributed by atoms with Crippen LogP contribution < -0.4 is 5.73 Å². The third-order valence-electron chi connectivity index (χ3n) is 2.61. The lowest BCUT2D eigenvalue weighted by atomic mass is 10.1. The molecule has 21 heavy (non-hydrogen) atoms. The van der Waals surface area contributed by atoms with Crippen LogP contribution in [0.3, 0.4) is 0 Å². The fourth-order valence-corrected chi connectivity index (χ4v) is 1.83. The van der Waals surface area contributed by atoms with Gasteiger partial charge in [-0.25, -0.2) is 0 Å². The number of nitrogens with two attached hydrogens (primary N) is 1. The van der Waals surface area contributed by atoms with Crippen molar-refractivity contribution in [2.45, 2.75) is 37.9 Å². The van der Waals surface area contributed by atoms with Gasteiger partial charge in [0.2, 0.25) is 0 Å². The molecular formula is C11H18N2O8. The lowest BCUT2D eigenvalue weighted by Gasteiger charge is -2.33. The Kier molecular flexibility index (Phi) is 7.31. The van der Waals surface area contributed by atoms with Crippen LogP contribution in [0.4, 0.5) is 0 Å². The third-order valence-corrected chi connectivity index (χ3v) is 2.61. The first-order valence-electron chi connectivity index (χ1n) is 5.96. The van der Waals surface area contributed by atoms with Gasteiger partial charge in [0.15, 0.2) is 0 Å². The Balaban J connectivity index is 5.55. The number of aliphatic carboxylic acids is 4. The molecule has 0 radical (unpaired) electrons. The van der Waals surface area contributed by atoms with E-state index in [1.807, 2.05) is 0 Å². The molecule has 0 heterocycles. The second kappa shape index (κ2) is 8.17. The first-order chi connectivity index (χ1) is 9.56. The molecule has 6 N–H and O–H groups in total. The smallest absolute Gasteiger partial charge is 0.321 e. The van der Waals surface area contributed by atoms with Gasteiger partial charge >= 0.3 is 23.9 Å². The largest absolute Gasteiger partial charge is 0.481 e. The van der Waals surface area contributed by atoms with Crippen molar-refractivity contribution < 1.29 is 39.6 Å². The monoisotopic (exact) mass is 306 g/mol. The molecule has 3 atom stereocenters. The molecule has 0 saturated carbocycles. The van der Waals surface area contributed by atoms with E-state index in [-0.39, 0.29) is 6.54 Å². The van der Waals surface area contributed by atoms with Crippen molar-refractivity contribution in [3.05, 3.63) is 0 Å². The van der Waals surface area contributed by atoms with Crippen LogP contribution in [0.5, 0.6) is 0 Å².